The zero-order valence-corrected chi connectivity index (χ0v) is 4.86. The van der Waals surface area contributed by atoms with Crippen LogP contribution in [0.4, 0.5) is 0 Å². The van der Waals surface area contributed by atoms with Gasteiger partial charge in [0.1, 0.15) is 0 Å². The summed E-state index contributed by atoms with van der Waals surface area (Å²) in [5.41, 5.74) is 8.70. The van der Waals surface area contributed by atoms with Crippen molar-refractivity contribution in [3.8, 4) is 0 Å². The van der Waals surface area contributed by atoms with Crippen LogP contribution in [0.25, 0.3) is 0 Å². The third-order valence-electron chi connectivity index (χ3n) is 0.826. The molecule has 0 spiro atoms. The molecular formula is C6H11N. The Morgan fingerprint density at radius 1 is 1.71 bits per heavy atom. The summed E-state index contributed by atoms with van der Waals surface area (Å²) in [6.07, 6.45) is 0. The highest BCUT2D eigenvalue weighted by atomic mass is 14.6. The van der Waals surface area contributed by atoms with Crippen LogP contribution in [0.2, 0.25) is 0 Å². The highest BCUT2D eigenvalue weighted by Crippen LogP contribution is 1.97. The fourth-order valence-corrected chi connectivity index (χ4v) is 0.204. The number of hydrogen-bond acceptors (Lipinski definition) is 1. The average molecular weight is 97.2 g/mol. The van der Waals surface area contributed by atoms with Gasteiger partial charge in [0.25, 0.3) is 0 Å². The quantitative estimate of drug-likeness (QED) is 0.490. The Kier molecular flexibility index (Phi) is 2.24. The van der Waals surface area contributed by atoms with Gasteiger partial charge in [-0.05, 0) is 0 Å². The largest absolute Gasteiger partial charge is 0.396 e. The Labute approximate surface area is 44.5 Å². The van der Waals surface area contributed by atoms with E-state index in [1.165, 1.54) is 0 Å². The number of allylic oxidation sites excluding steroid dienone is 1. The minimum Gasteiger partial charge on any atom is -0.396 e. The van der Waals surface area contributed by atoms with Crippen LogP contribution in [0, 0.1) is 5.92 Å². The molecule has 0 saturated heterocycles. The Bertz CT molecular complexity index is 96.7. The van der Waals surface area contributed by atoms with Crippen LogP contribution in [0.15, 0.2) is 18.0 Å². The summed E-state index contributed by atoms with van der Waals surface area (Å²) in [5.74, 6) is 0.387. The van der Waals surface area contributed by atoms with Crippen molar-refractivity contribution < 1.29 is 0 Å². The molecule has 0 amide bonds. The summed E-state index contributed by atoms with van der Waals surface area (Å²) in [4.78, 5) is 0. The van der Waals surface area contributed by atoms with Gasteiger partial charge in [0, 0.05) is 5.92 Å². The molecule has 1 heteroatoms. The minimum atomic E-state index is 0.387. The molecule has 0 heterocycles. The van der Waals surface area contributed by atoms with E-state index in [1.807, 2.05) is 13.8 Å². The van der Waals surface area contributed by atoms with Gasteiger partial charge in [0.15, 0.2) is 0 Å². The second-order valence-electron chi connectivity index (χ2n) is 1.79. The van der Waals surface area contributed by atoms with Crippen molar-refractivity contribution in [3.63, 3.8) is 0 Å². The van der Waals surface area contributed by atoms with E-state index in [1.54, 1.807) is 0 Å². The third kappa shape index (κ3) is 2.07. The molecule has 0 atom stereocenters. The van der Waals surface area contributed by atoms with Gasteiger partial charge in [-0.3, -0.25) is 0 Å². The molecule has 7 heavy (non-hydrogen) atoms. The highest BCUT2D eigenvalue weighted by molar-refractivity contribution is 4.94. The van der Waals surface area contributed by atoms with Crippen molar-refractivity contribution in [2.75, 3.05) is 0 Å². The van der Waals surface area contributed by atoms with Crippen molar-refractivity contribution in [1.82, 2.24) is 0 Å². The maximum Gasteiger partial charge on any atom is 0.0531 e. The summed E-state index contributed by atoms with van der Waals surface area (Å²) in [5, 5.41) is 0. The Morgan fingerprint density at radius 2 is 2.14 bits per heavy atom. The molecule has 0 aromatic rings. The lowest BCUT2D eigenvalue weighted by molar-refractivity contribution is 0.760. The van der Waals surface area contributed by atoms with E-state index in [9.17, 15) is 0 Å². The summed E-state index contributed by atoms with van der Waals surface area (Å²) < 4.78 is 0. The summed E-state index contributed by atoms with van der Waals surface area (Å²) in [7, 11) is 0. The van der Waals surface area contributed by atoms with E-state index in [4.69, 9.17) is 5.73 Å². The summed E-state index contributed by atoms with van der Waals surface area (Å²) in [6, 6.07) is 0. The van der Waals surface area contributed by atoms with Gasteiger partial charge in [0.05, 0.1) is 5.70 Å². The predicted octanol–water partition coefficient (Wildman–Crippen LogP) is 1.27. The first-order valence-corrected chi connectivity index (χ1v) is 2.34. The first kappa shape index (κ1) is 6.32. The third-order valence-corrected chi connectivity index (χ3v) is 0.826. The van der Waals surface area contributed by atoms with Gasteiger partial charge < -0.3 is 5.73 Å². The number of rotatable bonds is 1. The van der Waals surface area contributed by atoms with Crippen LogP contribution in [0.1, 0.15) is 13.8 Å². The second-order valence-corrected chi connectivity index (χ2v) is 1.79. The van der Waals surface area contributed by atoms with E-state index in [0.29, 0.717) is 5.92 Å². The van der Waals surface area contributed by atoms with Gasteiger partial charge in [0.2, 0.25) is 0 Å². The fraction of sp³-hybridized carbons (Fsp3) is 0.500. The summed E-state index contributed by atoms with van der Waals surface area (Å²) >= 11 is 0. The molecule has 0 rings (SSSR count). The fourth-order valence-electron chi connectivity index (χ4n) is 0.204. The molecule has 0 radical (unpaired) electrons. The average Bonchev–Trinajstić information content (AvgIpc) is 1.65. The lowest BCUT2D eigenvalue weighted by atomic mass is 10.2. The number of hydrogen-bond donors (Lipinski definition) is 1. The van der Waals surface area contributed by atoms with Gasteiger partial charge in [-0.2, -0.15) is 0 Å². The van der Waals surface area contributed by atoms with E-state index in [-0.39, 0.29) is 0 Å². The predicted molar refractivity (Wildman–Crippen MR) is 31.7 cm³/mol. The topological polar surface area (TPSA) is 26.0 Å². The maximum absolute atomic E-state index is 5.36. The van der Waals surface area contributed by atoms with Crippen molar-refractivity contribution >= 4 is 0 Å². The van der Waals surface area contributed by atoms with Crippen LogP contribution in [-0.4, -0.2) is 0 Å². The molecule has 0 fully saturated rings. The van der Waals surface area contributed by atoms with Crippen LogP contribution >= 0.6 is 0 Å². The van der Waals surface area contributed by atoms with Crippen LogP contribution in [-0.2, 0) is 0 Å². The molecule has 2 N–H and O–H groups in total. The molecule has 0 bridgehead atoms. The molecule has 0 aliphatic rings. The minimum absolute atomic E-state index is 0.387. The lowest BCUT2D eigenvalue weighted by Crippen LogP contribution is -2.02. The first-order valence-electron chi connectivity index (χ1n) is 2.34. The molecular weight excluding hydrogens is 86.1 g/mol. The number of nitrogens with two attached hydrogens (primary N) is 1. The monoisotopic (exact) mass is 97.1 g/mol. The molecule has 1 nitrogen and oxygen atoms in total. The SMILES string of the molecule is C=C=C(N)C(C)C. The molecule has 40 valence electrons. The molecule has 0 unspecified atom stereocenters. The van der Waals surface area contributed by atoms with Crippen LogP contribution in [0.3, 0.4) is 0 Å². The van der Waals surface area contributed by atoms with E-state index in [2.05, 4.69) is 12.3 Å². The zero-order valence-electron chi connectivity index (χ0n) is 4.86. The molecule has 0 aromatic carbocycles. The molecule has 0 aromatic heterocycles. The molecule has 0 saturated carbocycles. The van der Waals surface area contributed by atoms with Gasteiger partial charge in [-0.1, -0.05) is 20.4 Å². The highest BCUT2D eigenvalue weighted by Gasteiger charge is 1.91. The second kappa shape index (κ2) is 2.49. The smallest absolute Gasteiger partial charge is 0.0531 e. The zero-order chi connectivity index (χ0) is 5.86. The molecule has 0 aliphatic heterocycles. The van der Waals surface area contributed by atoms with Crippen molar-refractivity contribution in [2.45, 2.75) is 13.8 Å². The van der Waals surface area contributed by atoms with Crippen LogP contribution in [0.5, 0.6) is 0 Å². The van der Waals surface area contributed by atoms with Crippen molar-refractivity contribution in [3.05, 3.63) is 18.0 Å². The maximum atomic E-state index is 5.36. The van der Waals surface area contributed by atoms with Crippen molar-refractivity contribution in [1.29, 1.82) is 0 Å². The standard InChI is InChI=1S/C6H11N/c1-4-6(7)5(2)3/h5H,1,7H2,2-3H3. The lowest BCUT2D eigenvalue weighted by Gasteiger charge is -1.97. The van der Waals surface area contributed by atoms with Crippen molar-refractivity contribution in [2.24, 2.45) is 11.7 Å². The molecule has 0 aliphatic carbocycles. The Balaban J connectivity index is 3.81. The van der Waals surface area contributed by atoms with Gasteiger partial charge in [-0.25, -0.2) is 0 Å². The van der Waals surface area contributed by atoms with Gasteiger partial charge >= 0.3 is 0 Å². The first-order chi connectivity index (χ1) is 3.18. The van der Waals surface area contributed by atoms with Gasteiger partial charge in [-0.15, -0.1) is 5.73 Å². The van der Waals surface area contributed by atoms with E-state index in [0.717, 1.165) is 5.70 Å². The van der Waals surface area contributed by atoms with E-state index < -0.39 is 0 Å². The Morgan fingerprint density at radius 3 is 2.14 bits per heavy atom. The normalized spacial score (nSPS) is 8.43. The van der Waals surface area contributed by atoms with E-state index >= 15 is 0 Å². The Hall–Kier alpha value is -0.680. The van der Waals surface area contributed by atoms with Crippen LogP contribution < -0.4 is 5.73 Å². The summed E-state index contributed by atoms with van der Waals surface area (Å²) in [6.45, 7) is 7.41.